The standard InChI is InChI=1S/C16H25N3O/c1-4-16(6-5-7-17-11-16)15(20)18-10-14-8-12(2)19-13(3)9-14/h8-9,17H,4-7,10-11H2,1-3H3,(H,18,20). The van der Waals surface area contributed by atoms with Crippen molar-refractivity contribution >= 4 is 5.91 Å². The minimum atomic E-state index is -0.227. The molecule has 1 aromatic heterocycles. The molecule has 0 aromatic carbocycles. The Morgan fingerprint density at radius 3 is 2.65 bits per heavy atom. The number of aromatic nitrogens is 1. The highest BCUT2D eigenvalue weighted by Gasteiger charge is 2.37. The van der Waals surface area contributed by atoms with Crippen LogP contribution in [0.2, 0.25) is 0 Å². The van der Waals surface area contributed by atoms with Crippen LogP contribution in [-0.4, -0.2) is 24.0 Å². The predicted molar refractivity (Wildman–Crippen MR) is 80.4 cm³/mol. The monoisotopic (exact) mass is 275 g/mol. The molecule has 4 nitrogen and oxygen atoms in total. The van der Waals surface area contributed by atoms with E-state index in [0.717, 1.165) is 49.3 Å². The van der Waals surface area contributed by atoms with Gasteiger partial charge in [-0.2, -0.15) is 0 Å². The van der Waals surface area contributed by atoms with Gasteiger partial charge in [0.1, 0.15) is 0 Å². The van der Waals surface area contributed by atoms with Crippen LogP contribution in [0.4, 0.5) is 0 Å². The molecule has 0 radical (unpaired) electrons. The van der Waals surface area contributed by atoms with Crippen LogP contribution >= 0.6 is 0 Å². The lowest BCUT2D eigenvalue weighted by Gasteiger charge is -2.35. The molecule has 4 heteroatoms. The first kappa shape index (κ1) is 15.0. The van der Waals surface area contributed by atoms with Crippen LogP contribution in [0.3, 0.4) is 0 Å². The van der Waals surface area contributed by atoms with Crippen molar-refractivity contribution < 1.29 is 4.79 Å². The second-order valence-electron chi connectivity index (χ2n) is 5.86. The van der Waals surface area contributed by atoms with E-state index in [-0.39, 0.29) is 11.3 Å². The Bertz CT molecular complexity index is 458. The summed E-state index contributed by atoms with van der Waals surface area (Å²) in [6, 6.07) is 4.07. The molecule has 2 N–H and O–H groups in total. The van der Waals surface area contributed by atoms with E-state index < -0.39 is 0 Å². The Labute approximate surface area is 121 Å². The lowest BCUT2D eigenvalue weighted by molar-refractivity contribution is -0.132. The smallest absolute Gasteiger partial charge is 0.227 e. The summed E-state index contributed by atoms with van der Waals surface area (Å²) in [4.78, 5) is 16.9. The zero-order valence-corrected chi connectivity index (χ0v) is 12.8. The molecule has 1 atom stereocenters. The molecule has 1 unspecified atom stereocenters. The molecule has 1 amide bonds. The molecule has 110 valence electrons. The van der Waals surface area contributed by atoms with E-state index in [4.69, 9.17) is 0 Å². The Kier molecular flexibility index (Phi) is 4.76. The second-order valence-corrected chi connectivity index (χ2v) is 5.86. The molecule has 0 bridgehead atoms. The quantitative estimate of drug-likeness (QED) is 0.884. The van der Waals surface area contributed by atoms with Gasteiger partial charge in [0.2, 0.25) is 5.91 Å². The molecule has 1 aliphatic rings. The summed E-state index contributed by atoms with van der Waals surface area (Å²) in [5.41, 5.74) is 2.89. The third-order valence-corrected chi connectivity index (χ3v) is 4.23. The summed E-state index contributed by atoms with van der Waals surface area (Å²) >= 11 is 0. The van der Waals surface area contributed by atoms with Crippen LogP contribution < -0.4 is 10.6 Å². The zero-order valence-electron chi connectivity index (χ0n) is 12.8. The third kappa shape index (κ3) is 3.37. The van der Waals surface area contributed by atoms with Crippen LogP contribution in [-0.2, 0) is 11.3 Å². The molecule has 1 fully saturated rings. The molecule has 0 aliphatic carbocycles. The molecule has 20 heavy (non-hydrogen) atoms. The summed E-state index contributed by atoms with van der Waals surface area (Å²) < 4.78 is 0. The molecule has 2 heterocycles. The molecular formula is C16H25N3O. The summed E-state index contributed by atoms with van der Waals surface area (Å²) in [5, 5.41) is 6.46. The molecule has 0 saturated carbocycles. The maximum Gasteiger partial charge on any atom is 0.227 e. The fourth-order valence-corrected chi connectivity index (χ4v) is 3.02. The highest BCUT2D eigenvalue weighted by molar-refractivity contribution is 5.83. The highest BCUT2D eigenvalue weighted by Crippen LogP contribution is 2.30. The van der Waals surface area contributed by atoms with Gasteiger partial charge in [-0.15, -0.1) is 0 Å². The van der Waals surface area contributed by atoms with Gasteiger partial charge < -0.3 is 10.6 Å². The van der Waals surface area contributed by atoms with E-state index in [2.05, 4.69) is 22.5 Å². The number of piperidine rings is 1. The molecule has 2 rings (SSSR count). The van der Waals surface area contributed by atoms with Gasteiger partial charge in [-0.3, -0.25) is 9.78 Å². The van der Waals surface area contributed by atoms with Gasteiger partial charge >= 0.3 is 0 Å². The van der Waals surface area contributed by atoms with E-state index in [9.17, 15) is 4.79 Å². The van der Waals surface area contributed by atoms with E-state index in [1.807, 2.05) is 26.0 Å². The minimum absolute atomic E-state index is 0.180. The Balaban J connectivity index is 2.00. The van der Waals surface area contributed by atoms with Crippen molar-refractivity contribution in [3.8, 4) is 0 Å². The molecule has 0 spiro atoms. The van der Waals surface area contributed by atoms with Gasteiger partial charge in [0.05, 0.1) is 5.41 Å². The van der Waals surface area contributed by atoms with Gasteiger partial charge in [0.15, 0.2) is 0 Å². The first-order valence-corrected chi connectivity index (χ1v) is 7.49. The van der Waals surface area contributed by atoms with Crippen molar-refractivity contribution in [2.75, 3.05) is 13.1 Å². The summed E-state index contributed by atoms with van der Waals surface area (Å²) in [7, 11) is 0. The van der Waals surface area contributed by atoms with Crippen molar-refractivity contribution in [1.82, 2.24) is 15.6 Å². The van der Waals surface area contributed by atoms with Crippen LogP contribution in [0.25, 0.3) is 0 Å². The van der Waals surface area contributed by atoms with Crippen molar-refractivity contribution in [1.29, 1.82) is 0 Å². The Morgan fingerprint density at radius 1 is 1.40 bits per heavy atom. The first-order valence-electron chi connectivity index (χ1n) is 7.49. The van der Waals surface area contributed by atoms with Crippen LogP contribution in [0.15, 0.2) is 12.1 Å². The van der Waals surface area contributed by atoms with Gasteiger partial charge in [-0.25, -0.2) is 0 Å². The number of amides is 1. The van der Waals surface area contributed by atoms with Crippen molar-refractivity contribution in [2.24, 2.45) is 5.41 Å². The Hall–Kier alpha value is -1.42. The maximum atomic E-state index is 12.5. The van der Waals surface area contributed by atoms with E-state index >= 15 is 0 Å². The number of hydrogen-bond acceptors (Lipinski definition) is 3. The first-order chi connectivity index (χ1) is 9.55. The predicted octanol–water partition coefficient (Wildman–Crippen LogP) is 2.09. The van der Waals surface area contributed by atoms with E-state index in [0.29, 0.717) is 6.54 Å². The topological polar surface area (TPSA) is 54.0 Å². The number of nitrogens with zero attached hydrogens (tertiary/aromatic N) is 1. The van der Waals surface area contributed by atoms with Crippen LogP contribution in [0.5, 0.6) is 0 Å². The normalized spacial score (nSPS) is 22.6. The van der Waals surface area contributed by atoms with E-state index in [1.54, 1.807) is 0 Å². The SMILES string of the molecule is CCC1(C(=O)NCc2cc(C)nc(C)c2)CCCNC1. The van der Waals surface area contributed by atoms with Gasteiger partial charge in [0.25, 0.3) is 0 Å². The van der Waals surface area contributed by atoms with Crippen molar-refractivity contribution in [3.05, 3.63) is 29.1 Å². The highest BCUT2D eigenvalue weighted by atomic mass is 16.2. The average molecular weight is 275 g/mol. The fourth-order valence-electron chi connectivity index (χ4n) is 3.02. The number of carbonyl (C=O) groups is 1. The largest absolute Gasteiger partial charge is 0.352 e. The van der Waals surface area contributed by atoms with Crippen LogP contribution in [0, 0.1) is 19.3 Å². The molecule has 1 aromatic rings. The van der Waals surface area contributed by atoms with Crippen LogP contribution in [0.1, 0.15) is 43.1 Å². The third-order valence-electron chi connectivity index (χ3n) is 4.23. The number of hydrogen-bond donors (Lipinski definition) is 2. The molecule has 1 saturated heterocycles. The van der Waals surface area contributed by atoms with Gasteiger partial charge in [0, 0.05) is 24.5 Å². The zero-order chi connectivity index (χ0) is 14.6. The number of rotatable bonds is 4. The maximum absolute atomic E-state index is 12.5. The van der Waals surface area contributed by atoms with Gasteiger partial charge in [-0.1, -0.05) is 6.92 Å². The number of carbonyl (C=O) groups excluding carboxylic acids is 1. The second kappa shape index (κ2) is 6.35. The van der Waals surface area contributed by atoms with Gasteiger partial charge in [-0.05, 0) is 57.4 Å². The number of pyridine rings is 1. The minimum Gasteiger partial charge on any atom is -0.352 e. The number of aryl methyl sites for hydroxylation is 2. The van der Waals surface area contributed by atoms with Crippen molar-refractivity contribution in [2.45, 2.75) is 46.6 Å². The average Bonchev–Trinajstić information content (AvgIpc) is 2.44. The van der Waals surface area contributed by atoms with Crippen molar-refractivity contribution in [3.63, 3.8) is 0 Å². The fraction of sp³-hybridized carbons (Fsp3) is 0.625. The molecule has 1 aliphatic heterocycles. The summed E-state index contributed by atoms with van der Waals surface area (Å²) in [6.07, 6.45) is 2.95. The lowest BCUT2D eigenvalue weighted by atomic mass is 9.77. The Morgan fingerprint density at radius 2 is 2.10 bits per heavy atom. The molecular weight excluding hydrogens is 250 g/mol. The lowest BCUT2D eigenvalue weighted by Crippen LogP contribution is -2.50. The summed E-state index contributed by atoms with van der Waals surface area (Å²) in [5.74, 6) is 0.180. The van der Waals surface area contributed by atoms with E-state index in [1.165, 1.54) is 0 Å². The summed E-state index contributed by atoms with van der Waals surface area (Å²) in [6.45, 7) is 8.48. The number of nitrogens with one attached hydrogen (secondary N) is 2.